The molecule has 2 rings (SSSR count). The summed E-state index contributed by atoms with van der Waals surface area (Å²) in [6.07, 6.45) is -0.535. The van der Waals surface area contributed by atoms with Gasteiger partial charge in [-0.25, -0.2) is 0 Å². The van der Waals surface area contributed by atoms with Crippen LogP contribution in [0.2, 0.25) is 5.02 Å². The van der Waals surface area contributed by atoms with E-state index in [1.807, 2.05) is 25.1 Å². The Morgan fingerprint density at radius 2 is 1.85 bits per heavy atom. The maximum atomic E-state index is 10.8. The first-order chi connectivity index (χ1) is 12.2. The van der Waals surface area contributed by atoms with Crippen molar-refractivity contribution in [2.24, 2.45) is 0 Å². The zero-order valence-electron chi connectivity index (χ0n) is 14.8. The Morgan fingerprint density at radius 1 is 1.19 bits per heavy atom. The predicted octanol–water partition coefficient (Wildman–Crippen LogP) is 3.53. The van der Waals surface area contributed by atoms with Gasteiger partial charge in [0.15, 0.2) is 6.35 Å². The summed E-state index contributed by atoms with van der Waals surface area (Å²) in [5.74, 6) is 0.411. The molecular weight excluding hydrogens is 412 g/mol. The summed E-state index contributed by atoms with van der Waals surface area (Å²) in [4.78, 5) is 17.6. The van der Waals surface area contributed by atoms with E-state index in [0.29, 0.717) is 17.3 Å². The lowest BCUT2D eigenvalue weighted by molar-refractivity contribution is 0.170. The summed E-state index contributed by atoms with van der Waals surface area (Å²) in [6.45, 7) is 2.42. The van der Waals surface area contributed by atoms with Crippen LogP contribution in [-0.4, -0.2) is 33.8 Å². The van der Waals surface area contributed by atoms with Gasteiger partial charge in [-0.15, -0.1) is 12.4 Å². The van der Waals surface area contributed by atoms with Crippen LogP contribution in [0.15, 0.2) is 48.5 Å². The van der Waals surface area contributed by atoms with Crippen molar-refractivity contribution in [1.82, 2.24) is 5.32 Å². The van der Waals surface area contributed by atoms with Crippen molar-refractivity contribution in [3.63, 3.8) is 0 Å². The van der Waals surface area contributed by atoms with Gasteiger partial charge >= 0.3 is 7.60 Å². The molecule has 0 spiro atoms. The molecule has 150 valence electrons. The smallest absolute Gasteiger partial charge is 0.362 e. The average Bonchev–Trinajstić information content (AvgIpc) is 2.58. The molecule has 2 aromatic rings. The highest BCUT2D eigenvalue weighted by atomic mass is 35.5. The summed E-state index contributed by atoms with van der Waals surface area (Å²) in [7, 11) is -4.18. The van der Waals surface area contributed by atoms with Crippen LogP contribution in [0.4, 0.5) is 0 Å². The first kappa shape index (κ1) is 23.9. The Kier molecular flexibility index (Phi) is 9.77. The molecule has 0 saturated heterocycles. The number of ether oxygens (including phenoxy) is 1. The van der Waals surface area contributed by atoms with Crippen LogP contribution in [-0.2, 0) is 11.0 Å². The molecule has 0 amide bonds. The van der Waals surface area contributed by atoms with E-state index < -0.39 is 20.0 Å². The van der Waals surface area contributed by atoms with E-state index in [0.717, 1.165) is 17.5 Å². The standard InChI is InChI=1S/C18H23ClNO5P.ClH/c1-13(20-11-18(21)15-3-2-4-16(19)10-15)9-14-5-7-17(8-6-14)25-12-26(22,23)24;/h2-8,10,13,18,20-21H,9,11-12H2,1H3,(H2,22,23,24);1H. The molecular formula is C18H24Cl2NO5P. The molecule has 0 fully saturated rings. The topological polar surface area (TPSA) is 99.0 Å². The molecule has 2 aromatic carbocycles. The van der Waals surface area contributed by atoms with Crippen LogP contribution in [0.3, 0.4) is 0 Å². The SMILES string of the molecule is CC(Cc1ccc(OCP(=O)(O)O)cc1)NCC(O)c1cccc(Cl)c1.Cl. The van der Waals surface area contributed by atoms with Gasteiger partial charge in [0.25, 0.3) is 0 Å². The van der Waals surface area contributed by atoms with Crippen molar-refractivity contribution in [2.45, 2.75) is 25.5 Å². The second kappa shape index (κ2) is 11.0. The van der Waals surface area contributed by atoms with Crippen molar-refractivity contribution in [3.8, 4) is 5.75 Å². The highest BCUT2D eigenvalue weighted by molar-refractivity contribution is 7.51. The summed E-state index contributed by atoms with van der Waals surface area (Å²) in [5, 5.41) is 14.1. The van der Waals surface area contributed by atoms with Gasteiger partial charge in [-0.3, -0.25) is 4.57 Å². The number of rotatable bonds is 9. The van der Waals surface area contributed by atoms with Gasteiger partial charge in [-0.2, -0.15) is 0 Å². The van der Waals surface area contributed by atoms with Crippen molar-refractivity contribution in [3.05, 3.63) is 64.7 Å². The van der Waals surface area contributed by atoms with Crippen molar-refractivity contribution >= 4 is 31.6 Å². The number of hydrogen-bond donors (Lipinski definition) is 4. The van der Waals surface area contributed by atoms with Crippen molar-refractivity contribution < 1.29 is 24.2 Å². The molecule has 2 atom stereocenters. The molecule has 2 unspecified atom stereocenters. The molecule has 0 aliphatic heterocycles. The molecule has 27 heavy (non-hydrogen) atoms. The highest BCUT2D eigenvalue weighted by Crippen LogP contribution is 2.34. The maximum Gasteiger partial charge on any atom is 0.362 e. The maximum absolute atomic E-state index is 10.8. The van der Waals surface area contributed by atoms with E-state index >= 15 is 0 Å². The quantitative estimate of drug-likeness (QED) is 0.449. The Bertz CT molecular complexity index is 754. The lowest BCUT2D eigenvalue weighted by atomic mass is 10.1. The number of halogens is 2. The average molecular weight is 436 g/mol. The number of aliphatic hydroxyl groups is 1. The van der Waals surface area contributed by atoms with E-state index in [1.54, 1.807) is 30.3 Å². The minimum absolute atomic E-state index is 0. The van der Waals surface area contributed by atoms with Crippen molar-refractivity contribution in [1.29, 1.82) is 0 Å². The number of hydrogen-bond acceptors (Lipinski definition) is 4. The van der Waals surface area contributed by atoms with Crippen molar-refractivity contribution in [2.75, 3.05) is 12.9 Å². The normalized spacial score (nSPS) is 13.5. The number of benzene rings is 2. The molecule has 9 heteroatoms. The summed E-state index contributed by atoms with van der Waals surface area (Å²) < 4.78 is 15.8. The highest BCUT2D eigenvalue weighted by Gasteiger charge is 2.14. The Hall–Kier alpha value is -1.11. The zero-order chi connectivity index (χ0) is 19.2. The second-order valence-corrected chi connectivity index (χ2v) is 8.19. The molecule has 4 N–H and O–H groups in total. The van der Waals surface area contributed by atoms with E-state index in [1.165, 1.54) is 0 Å². The third-order valence-electron chi connectivity index (χ3n) is 3.76. The molecule has 0 bridgehead atoms. The van der Waals surface area contributed by atoms with Gasteiger partial charge < -0.3 is 24.9 Å². The molecule has 0 aromatic heterocycles. The molecule has 0 aliphatic carbocycles. The van der Waals surface area contributed by atoms with Gasteiger partial charge in [0.2, 0.25) is 0 Å². The van der Waals surface area contributed by atoms with E-state index in [4.69, 9.17) is 26.1 Å². The van der Waals surface area contributed by atoms with Gasteiger partial charge in [0.1, 0.15) is 5.75 Å². The Balaban J connectivity index is 0.00000364. The summed E-state index contributed by atoms with van der Waals surface area (Å²) >= 11 is 5.93. The van der Waals surface area contributed by atoms with Crippen LogP contribution in [0, 0.1) is 0 Å². The monoisotopic (exact) mass is 435 g/mol. The molecule has 0 saturated carbocycles. The molecule has 6 nitrogen and oxygen atoms in total. The zero-order valence-corrected chi connectivity index (χ0v) is 17.3. The van der Waals surface area contributed by atoms with Crippen LogP contribution in [0.25, 0.3) is 0 Å². The molecule has 0 radical (unpaired) electrons. The summed E-state index contributed by atoms with van der Waals surface area (Å²) in [5.41, 5.74) is 1.81. The Labute approximate surface area is 170 Å². The fraction of sp³-hybridized carbons (Fsp3) is 0.333. The van der Waals surface area contributed by atoms with E-state index in [9.17, 15) is 9.67 Å². The molecule has 0 aliphatic rings. The third-order valence-corrected chi connectivity index (χ3v) is 4.46. The van der Waals surface area contributed by atoms with Gasteiger partial charge in [-0.1, -0.05) is 35.9 Å². The van der Waals surface area contributed by atoms with Crippen LogP contribution < -0.4 is 10.1 Å². The summed E-state index contributed by atoms with van der Waals surface area (Å²) in [6, 6.07) is 14.3. The lowest BCUT2D eigenvalue weighted by Gasteiger charge is -2.18. The van der Waals surface area contributed by atoms with Gasteiger partial charge in [0.05, 0.1) is 6.10 Å². The van der Waals surface area contributed by atoms with Crippen LogP contribution >= 0.6 is 31.6 Å². The lowest BCUT2D eigenvalue weighted by Crippen LogP contribution is -2.32. The number of aliphatic hydroxyl groups excluding tert-OH is 1. The first-order valence-electron chi connectivity index (χ1n) is 8.16. The van der Waals surface area contributed by atoms with E-state index in [2.05, 4.69) is 5.32 Å². The fourth-order valence-corrected chi connectivity index (χ4v) is 2.97. The predicted molar refractivity (Wildman–Crippen MR) is 109 cm³/mol. The fourth-order valence-electron chi connectivity index (χ4n) is 2.45. The Morgan fingerprint density at radius 3 is 2.44 bits per heavy atom. The second-order valence-electron chi connectivity index (χ2n) is 6.17. The van der Waals surface area contributed by atoms with Gasteiger partial charge in [0, 0.05) is 17.6 Å². The van der Waals surface area contributed by atoms with E-state index in [-0.39, 0.29) is 18.4 Å². The first-order valence-corrected chi connectivity index (χ1v) is 10.3. The minimum Gasteiger partial charge on any atom is -0.481 e. The third kappa shape index (κ3) is 9.08. The van der Waals surface area contributed by atoms with Crippen LogP contribution in [0.1, 0.15) is 24.2 Å². The minimum atomic E-state index is -4.18. The largest absolute Gasteiger partial charge is 0.481 e. The number of nitrogens with one attached hydrogen (secondary N) is 1. The van der Waals surface area contributed by atoms with Gasteiger partial charge in [-0.05, 0) is 48.7 Å². The molecule has 0 heterocycles. The van der Waals surface area contributed by atoms with Crippen LogP contribution in [0.5, 0.6) is 5.75 Å².